The second kappa shape index (κ2) is 6.07. The van der Waals surface area contributed by atoms with Crippen LogP contribution < -0.4 is 0 Å². The number of aryl methyl sites for hydroxylation is 1. The summed E-state index contributed by atoms with van der Waals surface area (Å²) in [5, 5.41) is 1.63. The lowest BCUT2D eigenvalue weighted by Gasteiger charge is -2.32. The lowest BCUT2D eigenvalue weighted by molar-refractivity contribution is 0.0686. The Morgan fingerprint density at radius 2 is 2.33 bits per heavy atom. The predicted molar refractivity (Wildman–Crippen MR) is 78.6 cm³/mol. The summed E-state index contributed by atoms with van der Waals surface area (Å²) < 4.78 is 0. The Morgan fingerprint density at radius 3 is 3.00 bits per heavy atom. The van der Waals surface area contributed by atoms with Gasteiger partial charge in [-0.15, -0.1) is 0 Å². The van der Waals surface area contributed by atoms with Crippen molar-refractivity contribution in [2.75, 3.05) is 18.4 Å². The van der Waals surface area contributed by atoms with Crippen molar-refractivity contribution in [2.24, 2.45) is 5.92 Å². The zero-order chi connectivity index (χ0) is 13.1. The van der Waals surface area contributed by atoms with Gasteiger partial charge in [0.1, 0.15) is 0 Å². The van der Waals surface area contributed by atoms with Crippen molar-refractivity contribution in [3.05, 3.63) is 34.3 Å². The Hall–Kier alpha value is -0.540. The van der Waals surface area contributed by atoms with Crippen molar-refractivity contribution in [2.45, 2.75) is 19.8 Å². The molecule has 1 unspecified atom stereocenters. The molecule has 0 N–H and O–H groups in total. The van der Waals surface area contributed by atoms with Gasteiger partial charge in [-0.25, -0.2) is 0 Å². The molecule has 1 heterocycles. The number of carbonyl (C=O) groups is 1. The van der Waals surface area contributed by atoms with Crippen molar-refractivity contribution < 1.29 is 4.79 Å². The highest BCUT2D eigenvalue weighted by Crippen LogP contribution is 2.22. The summed E-state index contributed by atoms with van der Waals surface area (Å²) in [4.78, 5) is 14.3. The van der Waals surface area contributed by atoms with E-state index in [0.29, 0.717) is 16.5 Å². The molecule has 0 bridgehead atoms. The molecular formula is C14H17BrClNO. The van der Waals surface area contributed by atoms with Gasteiger partial charge in [-0.3, -0.25) is 4.79 Å². The van der Waals surface area contributed by atoms with E-state index in [1.165, 1.54) is 6.42 Å². The van der Waals surface area contributed by atoms with Gasteiger partial charge in [0.05, 0.1) is 0 Å². The van der Waals surface area contributed by atoms with Crippen LogP contribution in [0.15, 0.2) is 18.2 Å². The highest BCUT2D eigenvalue weighted by molar-refractivity contribution is 9.09. The average Bonchev–Trinajstić information content (AvgIpc) is 2.41. The molecule has 1 fully saturated rings. The molecule has 1 atom stereocenters. The van der Waals surface area contributed by atoms with Crippen LogP contribution in [0.5, 0.6) is 0 Å². The third-order valence-corrected chi connectivity index (χ3v) is 4.77. The number of likely N-dealkylation sites (tertiary alicyclic amines) is 1. The molecule has 1 aliphatic rings. The van der Waals surface area contributed by atoms with E-state index >= 15 is 0 Å². The first-order valence-electron chi connectivity index (χ1n) is 6.23. The number of hydrogen-bond acceptors (Lipinski definition) is 1. The summed E-state index contributed by atoms with van der Waals surface area (Å²) in [6, 6.07) is 5.54. The first-order valence-corrected chi connectivity index (χ1v) is 7.73. The SMILES string of the molecule is Cc1ccc(C(=O)N2CCCC(CBr)C2)cc1Cl. The molecule has 2 nitrogen and oxygen atoms in total. The first kappa shape index (κ1) is 13.9. The molecule has 1 aromatic rings. The maximum absolute atomic E-state index is 12.4. The maximum atomic E-state index is 12.4. The van der Waals surface area contributed by atoms with E-state index < -0.39 is 0 Å². The van der Waals surface area contributed by atoms with Crippen LogP contribution in [0.4, 0.5) is 0 Å². The fraction of sp³-hybridized carbons (Fsp3) is 0.500. The quantitative estimate of drug-likeness (QED) is 0.753. The molecule has 0 aliphatic carbocycles. The molecular weight excluding hydrogens is 314 g/mol. The van der Waals surface area contributed by atoms with Crippen molar-refractivity contribution >= 4 is 33.4 Å². The molecule has 1 aliphatic heterocycles. The van der Waals surface area contributed by atoms with E-state index in [0.717, 1.165) is 30.4 Å². The summed E-state index contributed by atoms with van der Waals surface area (Å²) in [6.45, 7) is 3.64. The lowest BCUT2D eigenvalue weighted by Crippen LogP contribution is -2.40. The molecule has 0 spiro atoms. The molecule has 1 aromatic carbocycles. The third kappa shape index (κ3) is 3.07. The monoisotopic (exact) mass is 329 g/mol. The fourth-order valence-electron chi connectivity index (χ4n) is 2.28. The van der Waals surface area contributed by atoms with Crippen LogP contribution in [0, 0.1) is 12.8 Å². The standard InChI is InChI=1S/C14H17BrClNO/c1-10-4-5-12(7-13(10)16)14(18)17-6-2-3-11(8-15)9-17/h4-5,7,11H,2-3,6,8-9H2,1H3. The van der Waals surface area contributed by atoms with Gasteiger partial charge in [0.15, 0.2) is 0 Å². The minimum atomic E-state index is 0.0996. The number of alkyl halides is 1. The lowest BCUT2D eigenvalue weighted by atomic mass is 9.99. The largest absolute Gasteiger partial charge is 0.338 e. The van der Waals surface area contributed by atoms with Gasteiger partial charge >= 0.3 is 0 Å². The highest BCUT2D eigenvalue weighted by atomic mass is 79.9. The summed E-state index contributed by atoms with van der Waals surface area (Å²) in [7, 11) is 0. The number of benzene rings is 1. The van der Waals surface area contributed by atoms with E-state index in [9.17, 15) is 4.79 Å². The number of hydrogen-bond donors (Lipinski definition) is 0. The molecule has 18 heavy (non-hydrogen) atoms. The summed E-state index contributed by atoms with van der Waals surface area (Å²) >= 11 is 9.58. The summed E-state index contributed by atoms with van der Waals surface area (Å²) in [5.74, 6) is 0.672. The van der Waals surface area contributed by atoms with E-state index in [-0.39, 0.29) is 5.91 Å². The van der Waals surface area contributed by atoms with Crippen LogP contribution in [-0.2, 0) is 0 Å². The van der Waals surface area contributed by atoms with Gasteiger partial charge in [-0.05, 0) is 43.4 Å². The van der Waals surface area contributed by atoms with Crippen LogP contribution in [0.1, 0.15) is 28.8 Å². The Bertz CT molecular complexity index is 449. The van der Waals surface area contributed by atoms with Crippen LogP contribution >= 0.6 is 27.5 Å². The molecule has 1 saturated heterocycles. The normalized spacial score (nSPS) is 19.9. The van der Waals surface area contributed by atoms with Gasteiger partial charge in [0, 0.05) is 29.0 Å². The topological polar surface area (TPSA) is 20.3 Å². The van der Waals surface area contributed by atoms with Gasteiger partial charge in [-0.2, -0.15) is 0 Å². The molecule has 1 amide bonds. The number of halogens is 2. The minimum Gasteiger partial charge on any atom is -0.338 e. The van der Waals surface area contributed by atoms with Gasteiger partial charge in [0.2, 0.25) is 0 Å². The number of nitrogens with zero attached hydrogens (tertiary/aromatic N) is 1. The second-order valence-corrected chi connectivity index (χ2v) is 5.93. The number of piperidine rings is 1. The molecule has 2 rings (SSSR count). The van der Waals surface area contributed by atoms with Crippen LogP contribution in [0.25, 0.3) is 0 Å². The third-order valence-electron chi connectivity index (χ3n) is 3.44. The van der Waals surface area contributed by atoms with Gasteiger partial charge in [0.25, 0.3) is 5.91 Å². The van der Waals surface area contributed by atoms with Crippen molar-refractivity contribution in [3.8, 4) is 0 Å². The van der Waals surface area contributed by atoms with E-state index in [1.54, 1.807) is 6.07 Å². The number of amides is 1. The molecule has 0 radical (unpaired) electrons. The Kier molecular flexibility index (Phi) is 4.68. The summed E-state index contributed by atoms with van der Waals surface area (Å²) in [6.07, 6.45) is 2.28. The van der Waals surface area contributed by atoms with Gasteiger partial charge < -0.3 is 4.90 Å². The zero-order valence-corrected chi connectivity index (χ0v) is 12.8. The van der Waals surface area contributed by atoms with Crippen LogP contribution in [0.3, 0.4) is 0 Å². The number of rotatable bonds is 2. The van der Waals surface area contributed by atoms with E-state index in [4.69, 9.17) is 11.6 Å². The van der Waals surface area contributed by atoms with Crippen LogP contribution in [-0.4, -0.2) is 29.2 Å². The van der Waals surface area contributed by atoms with Gasteiger partial charge in [-0.1, -0.05) is 33.6 Å². The average molecular weight is 331 g/mol. The fourth-order valence-corrected chi connectivity index (χ4v) is 2.99. The Labute approximate surface area is 121 Å². The predicted octanol–water partition coefficient (Wildman–Crippen LogP) is 3.90. The second-order valence-electron chi connectivity index (χ2n) is 4.88. The highest BCUT2D eigenvalue weighted by Gasteiger charge is 2.23. The van der Waals surface area contributed by atoms with E-state index in [2.05, 4.69) is 15.9 Å². The number of carbonyl (C=O) groups excluding carboxylic acids is 1. The van der Waals surface area contributed by atoms with Crippen LogP contribution in [0.2, 0.25) is 5.02 Å². The molecule has 0 saturated carbocycles. The Morgan fingerprint density at radius 1 is 1.56 bits per heavy atom. The van der Waals surface area contributed by atoms with Crippen molar-refractivity contribution in [3.63, 3.8) is 0 Å². The molecule has 98 valence electrons. The Balaban J connectivity index is 2.12. The van der Waals surface area contributed by atoms with Crippen molar-refractivity contribution in [1.29, 1.82) is 0 Å². The zero-order valence-electron chi connectivity index (χ0n) is 10.5. The first-order chi connectivity index (χ1) is 8.61. The smallest absolute Gasteiger partial charge is 0.253 e. The maximum Gasteiger partial charge on any atom is 0.253 e. The summed E-state index contributed by atoms with van der Waals surface area (Å²) in [5.41, 5.74) is 1.70. The van der Waals surface area contributed by atoms with Crippen molar-refractivity contribution in [1.82, 2.24) is 4.90 Å². The minimum absolute atomic E-state index is 0.0996. The molecule has 0 aromatic heterocycles. The molecule has 4 heteroatoms. The van der Waals surface area contributed by atoms with E-state index in [1.807, 2.05) is 24.0 Å².